The zero-order chi connectivity index (χ0) is 26.3. The molecule has 0 aromatic heterocycles. The summed E-state index contributed by atoms with van der Waals surface area (Å²) in [5, 5.41) is 0. The molecule has 1 aromatic rings. The van der Waals surface area contributed by atoms with Crippen LogP contribution in [0.2, 0.25) is 0 Å². The van der Waals surface area contributed by atoms with Gasteiger partial charge in [-0.05, 0) is 66.8 Å². The van der Waals surface area contributed by atoms with Crippen LogP contribution in [0.1, 0.15) is 154 Å². The van der Waals surface area contributed by atoms with Crippen molar-refractivity contribution < 1.29 is 19.6 Å². The number of benzene rings is 1. The van der Waals surface area contributed by atoms with Crippen molar-refractivity contribution in [3.8, 4) is 11.5 Å². The van der Waals surface area contributed by atoms with E-state index in [1.165, 1.54) is 68.1 Å². The van der Waals surface area contributed by atoms with Crippen molar-refractivity contribution in [1.82, 2.24) is 0 Å². The van der Waals surface area contributed by atoms with Gasteiger partial charge in [-0.1, -0.05) is 93.9 Å². The first kappa shape index (κ1) is 29.3. The molecule has 2 aliphatic heterocycles. The Kier molecular flexibility index (Phi) is 10.6. The van der Waals surface area contributed by atoms with Crippen molar-refractivity contribution >= 4 is 0 Å². The van der Waals surface area contributed by atoms with Crippen LogP contribution in [0.4, 0.5) is 0 Å². The highest BCUT2D eigenvalue weighted by Gasteiger charge is 2.35. The minimum Gasteiger partial charge on any atom is -0.337 e. The Labute approximate surface area is 221 Å². The van der Waals surface area contributed by atoms with Crippen molar-refractivity contribution in [1.29, 1.82) is 0 Å². The molecule has 206 valence electrons. The van der Waals surface area contributed by atoms with Crippen LogP contribution in [-0.2, 0) is 22.6 Å². The average Bonchev–Trinajstić information content (AvgIpc) is 2.76. The van der Waals surface area contributed by atoms with Gasteiger partial charge in [0.25, 0.3) is 0 Å². The van der Waals surface area contributed by atoms with Gasteiger partial charge >= 0.3 is 0 Å². The summed E-state index contributed by atoms with van der Waals surface area (Å²) in [7, 11) is 0. The van der Waals surface area contributed by atoms with E-state index in [-0.39, 0.29) is 10.8 Å². The Morgan fingerprint density at radius 2 is 0.972 bits per heavy atom. The molecule has 0 fully saturated rings. The van der Waals surface area contributed by atoms with Gasteiger partial charge in [-0.3, -0.25) is 0 Å². The summed E-state index contributed by atoms with van der Waals surface area (Å²) in [6.45, 7) is 20.1. The van der Waals surface area contributed by atoms with Crippen LogP contribution in [-0.4, -0.2) is 13.2 Å². The molecule has 36 heavy (non-hydrogen) atoms. The van der Waals surface area contributed by atoms with Crippen LogP contribution in [0.25, 0.3) is 0 Å². The van der Waals surface area contributed by atoms with Gasteiger partial charge in [0.1, 0.15) is 0 Å². The van der Waals surface area contributed by atoms with Gasteiger partial charge in [-0.2, -0.15) is 9.78 Å². The van der Waals surface area contributed by atoms with E-state index >= 15 is 0 Å². The third-order valence-electron chi connectivity index (χ3n) is 8.09. The Morgan fingerprint density at radius 3 is 1.47 bits per heavy atom. The van der Waals surface area contributed by atoms with Gasteiger partial charge in [0.15, 0.2) is 11.5 Å². The molecule has 0 saturated heterocycles. The van der Waals surface area contributed by atoms with Gasteiger partial charge < -0.3 is 9.78 Å². The van der Waals surface area contributed by atoms with E-state index in [4.69, 9.17) is 19.6 Å². The number of hydrogen-bond donors (Lipinski definition) is 0. The van der Waals surface area contributed by atoms with Crippen LogP contribution in [0, 0.1) is 10.8 Å². The molecule has 0 unspecified atom stereocenters. The average molecular weight is 503 g/mol. The molecule has 0 spiro atoms. The predicted molar refractivity (Wildman–Crippen MR) is 149 cm³/mol. The van der Waals surface area contributed by atoms with Crippen molar-refractivity contribution in [3.05, 3.63) is 22.3 Å². The largest absolute Gasteiger partial charge is 0.337 e. The molecule has 4 heteroatoms. The first-order valence-corrected chi connectivity index (χ1v) is 14.8. The van der Waals surface area contributed by atoms with Crippen LogP contribution in [0.3, 0.4) is 0 Å². The number of fused-ring (bicyclic) bond motifs is 3. The van der Waals surface area contributed by atoms with E-state index in [1.807, 2.05) is 0 Å². The minimum atomic E-state index is 0.126. The maximum absolute atomic E-state index is 6.36. The highest BCUT2D eigenvalue weighted by molar-refractivity contribution is 5.62. The summed E-state index contributed by atoms with van der Waals surface area (Å²) in [6.07, 6.45) is 13.8. The van der Waals surface area contributed by atoms with E-state index in [2.05, 4.69) is 55.4 Å². The summed E-state index contributed by atoms with van der Waals surface area (Å²) in [5.41, 5.74) is 5.42. The van der Waals surface area contributed by atoms with Crippen LogP contribution in [0.15, 0.2) is 0 Å². The fourth-order valence-corrected chi connectivity index (χ4v) is 6.19. The fraction of sp³-hybridized carbons (Fsp3) is 0.812. The molecular formula is C32H54O4. The van der Waals surface area contributed by atoms with Gasteiger partial charge in [0.2, 0.25) is 0 Å². The molecule has 1 aromatic carbocycles. The zero-order valence-corrected chi connectivity index (χ0v) is 24.7. The van der Waals surface area contributed by atoms with E-state index in [0.29, 0.717) is 25.0 Å². The van der Waals surface area contributed by atoms with E-state index in [0.717, 1.165) is 42.7 Å². The molecule has 3 rings (SSSR count). The van der Waals surface area contributed by atoms with Crippen LogP contribution >= 0.6 is 0 Å². The second-order valence-electron chi connectivity index (χ2n) is 13.6. The molecule has 2 heterocycles. The SMILES string of the molecule is CC(C)c1c2c(c3c(c1C(C)C)OOCCCCCCC(C)(C)C3)OOCCCCCCC(C)(C)C2. The molecule has 0 N–H and O–H groups in total. The van der Waals surface area contributed by atoms with Crippen LogP contribution in [0.5, 0.6) is 11.5 Å². The van der Waals surface area contributed by atoms with Gasteiger partial charge in [0, 0.05) is 16.7 Å². The molecule has 0 amide bonds. The topological polar surface area (TPSA) is 36.9 Å². The lowest BCUT2D eigenvalue weighted by molar-refractivity contribution is -0.215. The summed E-state index contributed by atoms with van der Waals surface area (Å²) in [6, 6.07) is 0. The maximum atomic E-state index is 6.36. The standard InChI is InChI=1S/C32H54O4/c1-23(2)27-25-21-31(5,6)17-13-9-11-15-19-33-35-29(25)26-22-32(7,8)18-14-10-12-16-20-34-36-30(26)28(27)24(3)4/h23-24H,9-22H2,1-8H3. The van der Waals surface area contributed by atoms with Crippen molar-refractivity contribution in [3.63, 3.8) is 0 Å². The number of rotatable bonds is 2. The quantitative estimate of drug-likeness (QED) is 0.377. The highest BCUT2D eigenvalue weighted by Crippen LogP contribution is 2.50. The lowest BCUT2D eigenvalue weighted by atomic mass is 9.73. The number of hydrogen-bond acceptors (Lipinski definition) is 4. The molecule has 0 saturated carbocycles. The Balaban J connectivity index is 2.30. The Morgan fingerprint density at radius 1 is 0.528 bits per heavy atom. The third-order valence-corrected chi connectivity index (χ3v) is 8.09. The zero-order valence-electron chi connectivity index (χ0n) is 24.7. The van der Waals surface area contributed by atoms with E-state index in [9.17, 15) is 0 Å². The summed E-state index contributed by atoms with van der Waals surface area (Å²) < 4.78 is 0. The molecule has 0 bridgehead atoms. The summed E-state index contributed by atoms with van der Waals surface area (Å²) >= 11 is 0. The lowest BCUT2D eigenvalue weighted by Crippen LogP contribution is -2.23. The van der Waals surface area contributed by atoms with Crippen molar-refractivity contribution in [2.75, 3.05) is 13.2 Å². The molecule has 2 aliphatic rings. The molecule has 0 atom stereocenters. The normalized spacial score (nSPS) is 22.1. The fourth-order valence-electron chi connectivity index (χ4n) is 6.19. The second kappa shape index (κ2) is 13.0. The molecular weight excluding hydrogens is 448 g/mol. The monoisotopic (exact) mass is 502 g/mol. The first-order valence-electron chi connectivity index (χ1n) is 14.8. The molecule has 4 nitrogen and oxygen atoms in total. The molecule has 0 aliphatic carbocycles. The highest BCUT2D eigenvalue weighted by atomic mass is 17.2. The second-order valence-corrected chi connectivity index (χ2v) is 13.6. The summed E-state index contributed by atoms with van der Waals surface area (Å²) in [5.74, 6) is 2.44. The van der Waals surface area contributed by atoms with E-state index < -0.39 is 0 Å². The van der Waals surface area contributed by atoms with E-state index in [1.54, 1.807) is 0 Å². The predicted octanol–water partition coefficient (Wildman–Crippen LogP) is 9.62. The third kappa shape index (κ3) is 7.87. The lowest BCUT2D eigenvalue weighted by Gasteiger charge is -2.34. The van der Waals surface area contributed by atoms with Gasteiger partial charge in [-0.25, -0.2) is 0 Å². The smallest absolute Gasteiger partial charge is 0.176 e. The van der Waals surface area contributed by atoms with Crippen molar-refractivity contribution in [2.24, 2.45) is 10.8 Å². The van der Waals surface area contributed by atoms with Crippen molar-refractivity contribution in [2.45, 2.75) is 144 Å². The minimum absolute atomic E-state index is 0.126. The van der Waals surface area contributed by atoms with Gasteiger partial charge in [0.05, 0.1) is 13.2 Å². The summed E-state index contributed by atoms with van der Waals surface area (Å²) in [4.78, 5) is 24.5. The maximum Gasteiger partial charge on any atom is 0.176 e. The van der Waals surface area contributed by atoms with Crippen LogP contribution < -0.4 is 9.78 Å². The molecule has 0 radical (unpaired) electrons. The Hall–Kier alpha value is -1.26. The van der Waals surface area contributed by atoms with Gasteiger partial charge in [-0.15, -0.1) is 0 Å². The first-order chi connectivity index (χ1) is 17.0. The Bertz CT molecular complexity index is 837.